The lowest BCUT2D eigenvalue weighted by atomic mass is 9.81. The van der Waals surface area contributed by atoms with Crippen molar-refractivity contribution in [1.82, 2.24) is 0 Å². The molecule has 0 aliphatic rings. The van der Waals surface area contributed by atoms with Crippen LogP contribution in [-0.2, 0) is 23.7 Å². The van der Waals surface area contributed by atoms with Crippen LogP contribution in [0.1, 0.15) is 116 Å². The fourth-order valence-electron chi connectivity index (χ4n) is 6.97. The van der Waals surface area contributed by atoms with Gasteiger partial charge in [-0.05, 0) is 138 Å². The second-order valence-electron chi connectivity index (χ2n) is 15.7. The smallest absolute Gasteiger partial charge is 0.0463 e. The zero-order valence-corrected chi connectivity index (χ0v) is 32.1. The molecule has 0 saturated carbocycles. The van der Waals surface area contributed by atoms with E-state index < -0.39 is 0 Å². The number of nitrogens with zero attached hydrogens (tertiary/aromatic N) is 2. The molecule has 0 unspecified atom stereocenters. The fraction of sp³-hybridized carbons (Fsp3) is 0.375. The van der Waals surface area contributed by atoms with E-state index in [1.807, 2.05) is 0 Å². The Balaban J connectivity index is 1.54. The predicted molar refractivity (Wildman–Crippen MR) is 220 cm³/mol. The lowest BCUT2D eigenvalue weighted by molar-refractivity contribution is 0.473. The van der Waals surface area contributed by atoms with Crippen LogP contribution in [0, 0.1) is 0 Å². The Bertz CT molecular complexity index is 1740. The molecule has 5 aromatic carbocycles. The summed E-state index contributed by atoms with van der Waals surface area (Å²) in [5.41, 5.74) is 12.8. The molecule has 5 aromatic rings. The molecule has 0 bridgehead atoms. The molecule has 0 atom stereocenters. The molecule has 262 valence electrons. The van der Waals surface area contributed by atoms with Gasteiger partial charge in [0.15, 0.2) is 0 Å². The summed E-state index contributed by atoms with van der Waals surface area (Å²) in [5.74, 6) is 0. The quantitative estimate of drug-likeness (QED) is 0.110. The highest BCUT2D eigenvalue weighted by Gasteiger charge is 2.21. The third-order valence-corrected chi connectivity index (χ3v) is 10.2. The standard InChI is InChI=1S/C48H60N2/c1-9-12-14-37-16-24-41(25-17-37)49(43-28-20-39(21-29-43)47(4,5)6)45-32-34-46(35-33-45)50(42-26-18-38(19-27-42)15-13-10-2)44-30-22-40(23-31-44)48(7,8)36-11-3/h16-35H,9-15,36H2,1-8H3. The van der Waals surface area contributed by atoms with Gasteiger partial charge in [0.05, 0.1) is 0 Å². The van der Waals surface area contributed by atoms with E-state index >= 15 is 0 Å². The molecule has 0 aromatic heterocycles. The molecular weight excluding hydrogens is 605 g/mol. The average molecular weight is 665 g/mol. The summed E-state index contributed by atoms with van der Waals surface area (Å²) >= 11 is 0. The van der Waals surface area contributed by atoms with Gasteiger partial charge in [0.1, 0.15) is 0 Å². The second-order valence-corrected chi connectivity index (χ2v) is 15.7. The Morgan fingerprint density at radius 1 is 0.380 bits per heavy atom. The number of hydrogen-bond acceptors (Lipinski definition) is 2. The monoisotopic (exact) mass is 664 g/mol. The van der Waals surface area contributed by atoms with E-state index in [0.717, 1.165) is 29.9 Å². The van der Waals surface area contributed by atoms with Crippen molar-refractivity contribution in [3.63, 3.8) is 0 Å². The van der Waals surface area contributed by atoms with E-state index in [1.54, 1.807) is 0 Å². The Morgan fingerprint density at radius 2 is 0.680 bits per heavy atom. The molecule has 0 heterocycles. The van der Waals surface area contributed by atoms with Crippen molar-refractivity contribution in [1.29, 1.82) is 0 Å². The largest absolute Gasteiger partial charge is 0.311 e. The lowest BCUT2D eigenvalue weighted by Crippen LogP contribution is -2.17. The molecule has 0 spiro atoms. The first-order chi connectivity index (χ1) is 24.0. The number of unbranched alkanes of at least 4 members (excludes halogenated alkanes) is 2. The Labute approximate surface area is 304 Å². The molecule has 2 heteroatoms. The van der Waals surface area contributed by atoms with Crippen LogP contribution in [0.4, 0.5) is 34.1 Å². The van der Waals surface area contributed by atoms with Gasteiger partial charge in [0.25, 0.3) is 0 Å². The Hall–Kier alpha value is -4.30. The van der Waals surface area contributed by atoms with E-state index in [4.69, 9.17) is 0 Å². The minimum Gasteiger partial charge on any atom is -0.311 e. The summed E-state index contributed by atoms with van der Waals surface area (Å²) in [6.07, 6.45) is 9.46. The summed E-state index contributed by atoms with van der Waals surface area (Å²) < 4.78 is 0. The highest BCUT2D eigenvalue weighted by atomic mass is 15.2. The molecular formula is C48H60N2. The van der Waals surface area contributed by atoms with Gasteiger partial charge in [0, 0.05) is 34.1 Å². The van der Waals surface area contributed by atoms with Crippen molar-refractivity contribution < 1.29 is 0 Å². The van der Waals surface area contributed by atoms with Gasteiger partial charge < -0.3 is 9.80 Å². The van der Waals surface area contributed by atoms with Crippen molar-refractivity contribution >= 4 is 34.1 Å². The number of hydrogen-bond donors (Lipinski definition) is 0. The van der Waals surface area contributed by atoms with Crippen LogP contribution in [0.5, 0.6) is 0 Å². The van der Waals surface area contributed by atoms with E-state index in [-0.39, 0.29) is 10.8 Å². The van der Waals surface area contributed by atoms with E-state index in [0.29, 0.717) is 0 Å². The molecule has 5 rings (SSSR count). The molecule has 0 N–H and O–H groups in total. The first kappa shape index (κ1) is 37.0. The van der Waals surface area contributed by atoms with Gasteiger partial charge in [-0.2, -0.15) is 0 Å². The topological polar surface area (TPSA) is 6.48 Å². The van der Waals surface area contributed by atoms with Crippen LogP contribution >= 0.6 is 0 Å². The highest BCUT2D eigenvalue weighted by Crippen LogP contribution is 2.40. The first-order valence-corrected chi connectivity index (χ1v) is 19.1. The lowest BCUT2D eigenvalue weighted by Gasteiger charge is -2.30. The van der Waals surface area contributed by atoms with Crippen LogP contribution in [0.25, 0.3) is 0 Å². The van der Waals surface area contributed by atoms with Gasteiger partial charge in [-0.15, -0.1) is 0 Å². The predicted octanol–water partition coefficient (Wildman–Crippen LogP) is 14.7. The number of aryl methyl sites for hydroxylation is 2. The number of rotatable bonds is 15. The van der Waals surface area contributed by atoms with E-state index in [9.17, 15) is 0 Å². The number of anilines is 6. The third-order valence-electron chi connectivity index (χ3n) is 10.2. The molecule has 0 amide bonds. The zero-order valence-electron chi connectivity index (χ0n) is 32.1. The van der Waals surface area contributed by atoms with Gasteiger partial charge in [0.2, 0.25) is 0 Å². The van der Waals surface area contributed by atoms with Crippen molar-refractivity contribution in [2.24, 2.45) is 0 Å². The number of benzene rings is 5. The van der Waals surface area contributed by atoms with E-state index in [2.05, 4.69) is 187 Å². The van der Waals surface area contributed by atoms with Gasteiger partial charge >= 0.3 is 0 Å². The maximum atomic E-state index is 2.40. The Kier molecular flexibility index (Phi) is 12.3. The molecule has 0 aliphatic carbocycles. The minimum absolute atomic E-state index is 0.105. The van der Waals surface area contributed by atoms with Crippen molar-refractivity contribution in [2.75, 3.05) is 9.80 Å². The summed E-state index contributed by atoms with van der Waals surface area (Å²) in [6.45, 7) is 18.3. The van der Waals surface area contributed by atoms with E-state index in [1.165, 1.54) is 77.8 Å². The molecule has 0 aliphatic heterocycles. The molecule has 0 radical (unpaired) electrons. The highest BCUT2D eigenvalue weighted by molar-refractivity contribution is 5.81. The summed E-state index contributed by atoms with van der Waals surface area (Å²) in [5, 5.41) is 0. The molecule has 2 nitrogen and oxygen atoms in total. The first-order valence-electron chi connectivity index (χ1n) is 19.1. The third kappa shape index (κ3) is 9.08. The summed E-state index contributed by atoms with van der Waals surface area (Å²) in [6, 6.07) is 45.8. The molecule has 50 heavy (non-hydrogen) atoms. The minimum atomic E-state index is 0.105. The normalized spacial score (nSPS) is 11.8. The summed E-state index contributed by atoms with van der Waals surface area (Å²) in [4.78, 5) is 4.78. The second kappa shape index (κ2) is 16.6. The SMILES string of the molecule is CCCCc1ccc(N(c2ccc(N(c3ccc(CCCC)cc3)c3ccc(C(C)(C)CCC)cc3)cc2)c2ccc(C(C)(C)C)cc2)cc1. The van der Waals surface area contributed by atoms with Gasteiger partial charge in [-0.1, -0.05) is 123 Å². The van der Waals surface area contributed by atoms with Gasteiger partial charge in [-0.25, -0.2) is 0 Å². The maximum absolute atomic E-state index is 2.40. The van der Waals surface area contributed by atoms with Crippen molar-refractivity contribution in [3.05, 3.63) is 144 Å². The zero-order chi connectivity index (χ0) is 35.7. The van der Waals surface area contributed by atoms with Crippen LogP contribution in [0.2, 0.25) is 0 Å². The van der Waals surface area contributed by atoms with Crippen molar-refractivity contribution in [3.8, 4) is 0 Å². The molecule has 0 fully saturated rings. The fourth-order valence-corrected chi connectivity index (χ4v) is 6.97. The van der Waals surface area contributed by atoms with Crippen LogP contribution in [0.15, 0.2) is 121 Å². The Morgan fingerprint density at radius 3 is 0.980 bits per heavy atom. The van der Waals surface area contributed by atoms with Crippen molar-refractivity contribution in [2.45, 2.75) is 118 Å². The van der Waals surface area contributed by atoms with Crippen LogP contribution < -0.4 is 9.80 Å². The maximum Gasteiger partial charge on any atom is 0.0463 e. The molecule has 0 saturated heterocycles. The van der Waals surface area contributed by atoms with Crippen LogP contribution in [-0.4, -0.2) is 0 Å². The average Bonchev–Trinajstić information content (AvgIpc) is 3.12. The summed E-state index contributed by atoms with van der Waals surface area (Å²) in [7, 11) is 0. The van der Waals surface area contributed by atoms with Gasteiger partial charge in [-0.3, -0.25) is 0 Å². The van der Waals surface area contributed by atoms with Crippen LogP contribution in [0.3, 0.4) is 0 Å².